The topological polar surface area (TPSA) is 59.1 Å². The quantitative estimate of drug-likeness (QED) is 0.744. The van der Waals surface area contributed by atoms with Gasteiger partial charge in [-0.2, -0.15) is 0 Å². The Bertz CT molecular complexity index is 728. The first-order valence-corrected chi connectivity index (χ1v) is 8.49. The predicted molar refractivity (Wildman–Crippen MR) is 84.2 cm³/mol. The molecule has 0 aliphatic rings. The molecule has 1 N–H and O–H groups in total. The lowest BCUT2D eigenvalue weighted by atomic mass is 10.3. The standard InChI is InChI=1S/C11H6BrCl3N2O2S/c12-6-3-8(13)11(9(14)4-6)17-20(18,19)7-1-2-10(15)16-5-7/h1-5,17H. The molecule has 0 atom stereocenters. The Morgan fingerprint density at radius 3 is 2.20 bits per heavy atom. The monoisotopic (exact) mass is 414 g/mol. The number of rotatable bonds is 3. The zero-order valence-corrected chi connectivity index (χ0v) is 14.2. The predicted octanol–water partition coefficient (Wildman–Crippen LogP) is 4.61. The van der Waals surface area contributed by atoms with Gasteiger partial charge in [0.15, 0.2) is 0 Å². The second-order valence-electron chi connectivity index (χ2n) is 3.67. The second-order valence-corrected chi connectivity index (χ2v) is 7.47. The zero-order chi connectivity index (χ0) is 14.9. The summed E-state index contributed by atoms with van der Waals surface area (Å²) in [6, 6.07) is 5.77. The van der Waals surface area contributed by atoms with Crippen LogP contribution in [0.5, 0.6) is 0 Å². The third-order valence-electron chi connectivity index (χ3n) is 2.25. The summed E-state index contributed by atoms with van der Waals surface area (Å²) < 4.78 is 27.3. The van der Waals surface area contributed by atoms with E-state index in [0.717, 1.165) is 6.20 Å². The molecular formula is C11H6BrCl3N2O2S. The van der Waals surface area contributed by atoms with Crippen molar-refractivity contribution < 1.29 is 8.42 Å². The molecule has 1 heterocycles. The van der Waals surface area contributed by atoms with E-state index in [1.807, 2.05) is 0 Å². The summed E-state index contributed by atoms with van der Waals surface area (Å²) >= 11 is 20.8. The minimum atomic E-state index is -3.84. The van der Waals surface area contributed by atoms with Gasteiger partial charge in [0.1, 0.15) is 10.0 Å². The number of aromatic nitrogens is 1. The van der Waals surface area contributed by atoms with Crippen LogP contribution in [0.2, 0.25) is 15.2 Å². The normalized spacial score (nSPS) is 11.4. The van der Waals surface area contributed by atoms with Crippen LogP contribution in [0.15, 0.2) is 39.8 Å². The average Bonchev–Trinajstić information content (AvgIpc) is 2.34. The SMILES string of the molecule is O=S(=O)(Nc1c(Cl)cc(Br)cc1Cl)c1ccc(Cl)nc1. The molecule has 1 aromatic heterocycles. The number of pyridine rings is 1. The number of hydrogen-bond donors (Lipinski definition) is 1. The van der Waals surface area contributed by atoms with E-state index < -0.39 is 10.0 Å². The van der Waals surface area contributed by atoms with Crippen molar-refractivity contribution in [2.24, 2.45) is 0 Å². The summed E-state index contributed by atoms with van der Waals surface area (Å²) in [4.78, 5) is 3.67. The molecule has 0 radical (unpaired) electrons. The van der Waals surface area contributed by atoms with E-state index >= 15 is 0 Å². The molecule has 106 valence electrons. The van der Waals surface area contributed by atoms with Crippen molar-refractivity contribution in [2.45, 2.75) is 4.90 Å². The van der Waals surface area contributed by atoms with E-state index in [2.05, 4.69) is 25.6 Å². The van der Waals surface area contributed by atoms with E-state index in [4.69, 9.17) is 34.8 Å². The largest absolute Gasteiger partial charge is 0.277 e. The number of hydrogen-bond acceptors (Lipinski definition) is 3. The van der Waals surface area contributed by atoms with Crippen LogP contribution in [0.25, 0.3) is 0 Å². The van der Waals surface area contributed by atoms with Crippen molar-refractivity contribution in [1.29, 1.82) is 0 Å². The van der Waals surface area contributed by atoms with E-state index in [9.17, 15) is 8.42 Å². The van der Waals surface area contributed by atoms with E-state index in [1.54, 1.807) is 0 Å². The van der Waals surface area contributed by atoms with Gasteiger partial charge in [0.25, 0.3) is 10.0 Å². The number of anilines is 1. The molecule has 0 spiro atoms. The molecule has 0 aliphatic heterocycles. The lowest BCUT2D eigenvalue weighted by molar-refractivity contribution is 0.601. The van der Waals surface area contributed by atoms with Crippen molar-refractivity contribution in [2.75, 3.05) is 4.72 Å². The van der Waals surface area contributed by atoms with E-state index in [-0.39, 0.29) is 25.8 Å². The van der Waals surface area contributed by atoms with Crippen LogP contribution in [-0.2, 0) is 10.0 Å². The first-order valence-electron chi connectivity index (χ1n) is 5.08. The zero-order valence-electron chi connectivity index (χ0n) is 9.57. The summed E-state index contributed by atoms with van der Waals surface area (Å²) in [7, 11) is -3.84. The van der Waals surface area contributed by atoms with Crippen molar-refractivity contribution in [1.82, 2.24) is 4.98 Å². The van der Waals surface area contributed by atoms with Crippen LogP contribution in [-0.4, -0.2) is 13.4 Å². The van der Waals surface area contributed by atoms with Gasteiger partial charge >= 0.3 is 0 Å². The third-order valence-corrected chi connectivity index (χ3v) is 4.87. The molecule has 0 bridgehead atoms. The highest BCUT2D eigenvalue weighted by atomic mass is 79.9. The van der Waals surface area contributed by atoms with Crippen LogP contribution in [0.4, 0.5) is 5.69 Å². The summed E-state index contributed by atoms with van der Waals surface area (Å²) in [5.74, 6) is 0. The molecule has 1 aromatic carbocycles. The van der Waals surface area contributed by atoms with Gasteiger partial charge in [-0.25, -0.2) is 13.4 Å². The molecule has 0 unspecified atom stereocenters. The van der Waals surface area contributed by atoms with Crippen molar-refractivity contribution in [3.63, 3.8) is 0 Å². The maximum Gasteiger partial charge on any atom is 0.263 e. The maximum atomic E-state index is 12.2. The number of halogens is 4. The Morgan fingerprint density at radius 1 is 1.10 bits per heavy atom. The molecule has 4 nitrogen and oxygen atoms in total. The van der Waals surface area contributed by atoms with Crippen molar-refractivity contribution >= 4 is 66.4 Å². The Balaban J connectivity index is 2.41. The van der Waals surface area contributed by atoms with Gasteiger partial charge in [-0.1, -0.05) is 50.7 Å². The van der Waals surface area contributed by atoms with Gasteiger partial charge in [0.05, 0.1) is 15.7 Å². The van der Waals surface area contributed by atoms with Crippen LogP contribution in [0.1, 0.15) is 0 Å². The fourth-order valence-electron chi connectivity index (χ4n) is 1.35. The minimum absolute atomic E-state index is 0.0445. The Morgan fingerprint density at radius 2 is 1.70 bits per heavy atom. The highest BCUT2D eigenvalue weighted by Gasteiger charge is 2.18. The molecule has 0 aliphatic carbocycles. The molecular weight excluding hydrogens is 410 g/mol. The molecule has 2 rings (SSSR count). The summed E-state index contributed by atoms with van der Waals surface area (Å²) in [6.45, 7) is 0. The first-order chi connectivity index (χ1) is 9.29. The Labute approximate surface area is 139 Å². The molecule has 0 saturated heterocycles. The van der Waals surface area contributed by atoms with Gasteiger partial charge < -0.3 is 0 Å². The van der Waals surface area contributed by atoms with E-state index in [0.29, 0.717) is 4.47 Å². The molecule has 20 heavy (non-hydrogen) atoms. The first kappa shape index (κ1) is 15.9. The highest BCUT2D eigenvalue weighted by Crippen LogP contribution is 2.35. The maximum absolute atomic E-state index is 12.2. The number of benzene rings is 1. The molecule has 0 saturated carbocycles. The summed E-state index contributed by atoms with van der Waals surface area (Å²) in [6.07, 6.45) is 1.14. The fourth-order valence-corrected chi connectivity index (χ4v) is 3.93. The Kier molecular flexibility index (Phi) is 4.81. The molecule has 0 amide bonds. The van der Waals surface area contributed by atoms with Gasteiger partial charge in [-0.05, 0) is 24.3 Å². The lowest BCUT2D eigenvalue weighted by Crippen LogP contribution is -2.13. The Hall–Kier alpha value is -0.530. The summed E-state index contributed by atoms with van der Waals surface area (Å²) in [5, 5.41) is 0.549. The van der Waals surface area contributed by atoms with Crippen molar-refractivity contribution in [3.05, 3.63) is 50.1 Å². The lowest BCUT2D eigenvalue weighted by Gasteiger charge is -2.11. The molecule has 0 fully saturated rings. The number of nitrogens with zero attached hydrogens (tertiary/aromatic N) is 1. The van der Waals surface area contributed by atoms with Crippen LogP contribution in [0.3, 0.4) is 0 Å². The van der Waals surface area contributed by atoms with Gasteiger partial charge in [-0.3, -0.25) is 4.72 Å². The van der Waals surface area contributed by atoms with Gasteiger partial charge in [-0.15, -0.1) is 0 Å². The smallest absolute Gasteiger partial charge is 0.263 e. The second kappa shape index (κ2) is 6.07. The van der Waals surface area contributed by atoms with Crippen LogP contribution < -0.4 is 4.72 Å². The van der Waals surface area contributed by atoms with Crippen LogP contribution in [0, 0.1) is 0 Å². The molecule has 9 heteroatoms. The van der Waals surface area contributed by atoms with Crippen LogP contribution >= 0.6 is 50.7 Å². The van der Waals surface area contributed by atoms with Gasteiger partial charge in [0, 0.05) is 10.7 Å². The number of sulfonamides is 1. The number of nitrogens with one attached hydrogen (secondary N) is 1. The minimum Gasteiger partial charge on any atom is -0.277 e. The highest BCUT2D eigenvalue weighted by molar-refractivity contribution is 9.10. The summed E-state index contributed by atoms with van der Waals surface area (Å²) in [5.41, 5.74) is 0.103. The van der Waals surface area contributed by atoms with Crippen molar-refractivity contribution in [3.8, 4) is 0 Å². The van der Waals surface area contributed by atoms with Gasteiger partial charge in [0.2, 0.25) is 0 Å². The fraction of sp³-hybridized carbons (Fsp3) is 0. The van der Waals surface area contributed by atoms with E-state index in [1.165, 1.54) is 24.3 Å². The third kappa shape index (κ3) is 3.56. The average molecular weight is 417 g/mol. The molecule has 2 aromatic rings.